The summed E-state index contributed by atoms with van der Waals surface area (Å²) in [5.74, 6) is -0.499. The number of nitrogens with zero attached hydrogens (tertiary/aromatic N) is 1. The molecule has 1 N–H and O–H groups in total. The SMILES string of the molecule is CC1=C(OC(=O)N(C)C)C(=O)C=C2C1=CC=C1C2(C)CCC2(C)C3CC(C)(C(=O)O)CCC3(C)CCC12C. The summed E-state index contributed by atoms with van der Waals surface area (Å²) in [5.41, 5.74) is 3.10. The summed E-state index contributed by atoms with van der Waals surface area (Å²) >= 11 is 0. The summed E-state index contributed by atoms with van der Waals surface area (Å²) in [6, 6.07) is 0. The molecule has 5 aliphatic rings. The Hall–Kier alpha value is -2.63. The molecule has 0 bridgehead atoms. The second-order valence-corrected chi connectivity index (χ2v) is 14.2. The van der Waals surface area contributed by atoms with Gasteiger partial charge in [0, 0.05) is 25.1 Å². The zero-order chi connectivity index (χ0) is 28.1. The van der Waals surface area contributed by atoms with Crippen LogP contribution in [0.1, 0.15) is 86.5 Å². The monoisotopic (exact) mass is 521 g/mol. The molecule has 206 valence electrons. The van der Waals surface area contributed by atoms with Gasteiger partial charge in [-0.25, -0.2) is 4.79 Å². The van der Waals surface area contributed by atoms with Crippen LogP contribution in [-0.4, -0.2) is 41.9 Å². The van der Waals surface area contributed by atoms with Crippen molar-refractivity contribution in [1.82, 2.24) is 4.90 Å². The summed E-state index contributed by atoms with van der Waals surface area (Å²) in [6.45, 7) is 13.3. The predicted octanol–water partition coefficient (Wildman–Crippen LogP) is 6.84. The van der Waals surface area contributed by atoms with Crippen LogP contribution in [0.3, 0.4) is 0 Å². The van der Waals surface area contributed by atoms with Gasteiger partial charge in [-0.2, -0.15) is 0 Å². The Morgan fingerprint density at radius 3 is 2.26 bits per heavy atom. The average Bonchev–Trinajstić information content (AvgIpc) is 2.84. The van der Waals surface area contributed by atoms with Gasteiger partial charge >= 0.3 is 12.1 Å². The molecular formula is C32H43NO5. The molecule has 3 fully saturated rings. The van der Waals surface area contributed by atoms with Gasteiger partial charge in [0.05, 0.1) is 5.41 Å². The van der Waals surface area contributed by atoms with Gasteiger partial charge < -0.3 is 14.7 Å². The molecule has 1 amide bonds. The van der Waals surface area contributed by atoms with Gasteiger partial charge in [-0.05, 0) is 98.2 Å². The lowest BCUT2D eigenvalue weighted by molar-refractivity contribution is -0.178. The summed E-state index contributed by atoms with van der Waals surface area (Å²) < 4.78 is 5.49. The van der Waals surface area contributed by atoms with Crippen molar-refractivity contribution >= 4 is 17.8 Å². The van der Waals surface area contributed by atoms with E-state index in [1.807, 2.05) is 13.8 Å². The third kappa shape index (κ3) is 3.40. The van der Waals surface area contributed by atoms with E-state index in [1.54, 1.807) is 20.2 Å². The first kappa shape index (κ1) is 27.0. The number of ether oxygens (including phenoxy) is 1. The molecule has 5 rings (SSSR count). The Bertz CT molecular complexity index is 1270. The number of ketones is 1. The van der Waals surface area contributed by atoms with Crippen LogP contribution in [0, 0.1) is 33.0 Å². The minimum absolute atomic E-state index is 0.0374. The summed E-state index contributed by atoms with van der Waals surface area (Å²) in [6.07, 6.45) is 12.0. The largest absolute Gasteiger partial charge is 0.481 e. The van der Waals surface area contributed by atoms with E-state index < -0.39 is 17.5 Å². The fraction of sp³-hybridized carbons (Fsp3) is 0.656. The van der Waals surface area contributed by atoms with Gasteiger partial charge in [-0.15, -0.1) is 0 Å². The zero-order valence-corrected chi connectivity index (χ0v) is 24.3. The number of allylic oxidation sites excluding steroid dienone is 7. The lowest BCUT2D eigenvalue weighted by Crippen LogP contribution is -2.62. The molecule has 6 heteroatoms. The third-order valence-electron chi connectivity index (χ3n) is 11.9. The quantitative estimate of drug-likeness (QED) is 0.430. The lowest BCUT2D eigenvalue weighted by atomic mass is 9.34. The number of amides is 1. The van der Waals surface area contributed by atoms with Crippen molar-refractivity contribution in [3.8, 4) is 0 Å². The van der Waals surface area contributed by atoms with Crippen LogP contribution in [0.25, 0.3) is 0 Å². The van der Waals surface area contributed by atoms with Crippen molar-refractivity contribution in [3.05, 3.63) is 46.3 Å². The fourth-order valence-electron chi connectivity index (χ4n) is 8.95. The van der Waals surface area contributed by atoms with Crippen molar-refractivity contribution in [3.63, 3.8) is 0 Å². The van der Waals surface area contributed by atoms with Gasteiger partial charge in [0.15, 0.2) is 5.76 Å². The Kier molecular flexibility index (Phi) is 5.81. The van der Waals surface area contributed by atoms with Gasteiger partial charge in [0.25, 0.3) is 0 Å². The summed E-state index contributed by atoms with van der Waals surface area (Å²) in [4.78, 5) is 39.2. The first-order valence-corrected chi connectivity index (χ1v) is 14.1. The normalized spacial score (nSPS) is 41.9. The van der Waals surface area contributed by atoms with Crippen molar-refractivity contribution in [1.29, 1.82) is 0 Å². The van der Waals surface area contributed by atoms with E-state index in [0.717, 1.165) is 56.1 Å². The highest BCUT2D eigenvalue weighted by Gasteiger charge is 2.67. The van der Waals surface area contributed by atoms with Gasteiger partial charge in [-0.1, -0.05) is 45.4 Å². The van der Waals surface area contributed by atoms with Crippen LogP contribution in [0.2, 0.25) is 0 Å². The van der Waals surface area contributed by atoms with Gasteiger partial charge in [0.1, 0.15) is 0 Å². The number of carbonyl (C=O) groups excluding carboxylic acids is 2. The molecule has 6 nitrogen and oxygen atoms in total. The smallest absolute Gasteiger partial charge is 0.414 e. The van der Waals surface area contributed by atoms with Crippen LogP contribution in [0.15, 0.2) is 46.3 Å². The molecule has 0 aromatic carbocycles. The van der Waals surface area contributed by atoms with Crippen molar-refractivity contribution in [2.24, 2.45) is 33.0 Å². The zero-order valence-electron chi connectivity index (χ0n) is 24.3. The number of fused-ring (bicyclic) bond motifs is 7. The predicted molar refractivity (Wildman–Crippen MR) is 146 cm³/mol. The highest BCUT2D eigenvalue weighted by atomic mass is 16.6. The topological polar surface area (TPSA) is 83.9 Å². The van der Waals surface area contributed by atoms with Crippen LogP contribution in [0.5, 0.6) is 0 Å². The fourth-order valence-corrected chi connectivity index (χ4v) is 8.95. The van der Waals surface area contributed by atoms with E-state index in [0.29, 0.717) is 11.5 Å². The summed E-state index contributed by atoms with van der Waals surface area (Å²) in [5, 5.41) is 10.1. The van der Waals surface area contributed by atoms with Crippen LogP contribution >= 0.6 is 0 Å². The highest BCUT2D eigenvalue weighted by Crippen LogP contribution is 2.75. The number of rotatable bonds is 2. The van der Waals surface area contributed by atoms with Crippen molar-refractivity contribution in [2.75, 3.05) is 14.1 Å². The number of carboxylic acid groups (broad SMARTS) is 1. The van der Waals surface area contributed by atoms with E-state index in [4.69, 9.17) is 4.74 Å². The molecule has 0 aromatic rings. The molecular weight excluding hydrogens is 478 g/mol. The molecule has 0 aliphatic heterocycles. The minimum atomic E-state index is -0.680. The first-order chi connectivity index (χ1) is 17.5. The molecule has 0 radical (unpaired) electrons. The molecule has 0 aromatic heterocycles. The molecule has 0 heterocycles. The molecule has 6 unspecified atom stereocenters. The lowest BCUT2D eigenvalue weighted by Gasteiger charge is -2.70. The second kappa shape index (κ2) is 8.19. The van der Waals surface area contributed by atoms with Gasteiger partial charge in [0.2, 0.25) is 5.78 Å². The number of aliphatic carboxylic acids is 1. The second-order valence-electron chi connectivity index (χ2n) is 14.2. The van der Waals surface area contributed by atoms with Crippen LogP contribution in [0.4, 0.5) is 4.79 Å². The number of hydrogen-bond acceptors (Lipinski definition) is 4. The third-order valence-corrected chi connectivity index (χ3v) is 11.9. The van der Waals surface area contributed by atoms with Crippen molar-refractivity contribution in [2.45, 2.75) is 86.5 Å². The van der Waals surface area contributed by atoms with Crippen LogP contribution in [-0.2, 0) is 14.3 Å². The standard InChI is InChI=1S/C32H43NO5/c1-19-20-9-10-23-30(4,21(20)17-22(34)25(19)38-27(37)33(7)8)14-16-32(6)24-18-29(3,26(35)36)12-11-28(24,2)13-15-31(23,32)5/h9-10,17,24H,11-16,18H2,1-8H3,(H,35,36). The molecule has 0 spiro atoms. The minimum Gasteiger partial charge on any atom is -0.481 e. The maximum atomic E-state index is 13.3. The Balaban J connectivity index is 1.59. The van der Waals surface area contributed by atoms with E-state index in [9.17, 15) is 19.5 Å². The Morgan fingerprint density at radius 1 is 0.974 bits per heavy atom. The maximum Gasteiger partial charge on any atom is 0.414 e. The van der Waals surface area contributed by atoms with Crippen molar-refractivity contribution < 1.29 is 24.2 Å². The van der Waals surface area contributed by atoms with Gasteiger partial charge in [-0.3, -0.25) is 9.59 Å². The Labute approximate surface area is 226 Å². The molecule has 38 heavy (non-hydrogen) atoms. The average molecular weight is 522 g/mol. The number of carbonyl (C=O) groups is 3. The van der Waals surface area contributed by atoms with E-state index in [2.05, 4.69) is 39.8 Å². The van der Waals surface area contributed by atoms with E-state index >= 15 is 0 Å². The Morgan fingerprint density at radius 2 is 1.63 bits per heavy atom. The molecule has 3 saturated carbocycles. The molecule has 5 aliphatic carbocycles. The van der Waals surface area contributed by atoms with E-state index in [1.165, 1.54) is 10.5 Å². The van der Waals surface area contributed by atoms with Crippen LogP contribution < -0.4 is 0 Å². The number of carboxylic acids is 1. The molecule has 6 atom stereocenters. The first-order valence-electron chi connectivity index (χ1n) is 14.1. The summed E-state index contributed by atoms with van der Waals surface area (Å²) in [7, 11) is 3.20. The van der Waals surface area contributed by atoms with E-state index in [-0.39, 0.29) is 33.2 Å². The maximum absolute atomic E-state index is 13.3. The molecule has 0 saturated heterocycles. The highest BCUT2D eigenvalue weighted by molar-refractivity contribution is 6.08. The number of hydrogen-bond donors (Lipinski definition) is 1.